The zero-order valence-corrected chi connectivity index (χ0v) is 8.29. The van der Waals surface area contributed by atoms with Gasteiger partial charge >= 0.3 is 0 Å². The van der Waals surface area contributed by atoms with E-state index in [2.05, 4.69) is 11.8 Å². The van der Waals surface area contributed by atoms with E-state index in [-0.39, 0.29) is 6.10 Å². The van der Waals surface area contributed by atoms with E-state index in [1.54, 1.807) is 0 Å². The van der Waals surface area contributed by atoms with Gasteiger partial charge in [0.2, 0.25) is 0 Å². The SMILES string of the molecule is CC#Cc1ccccc1OC(C)C. The van der Waals surface area contributed by atoms with Gasteiger partial charge in [-0.1, -0.05) is 18.1 Å². The van der Waals surface area contributed by atoms with Gasteiger partial charge in [-0.15, -0.1) is 5.92 Å². The van der Waals surface area contributed by atoms with Crippen LogP contribution in [-0.2, 0) is 0 Å². The molecule has 0 amide bonds. The van der Waals surface area contributed by atoms with Gasteiger partial charge < -0.3 is 4.74 Å². The van der Waals surface area contributed by atoms with Crippen LogP contribution >= 0.6 is 0 Å². The van der Waals surface area contributed by atoms with Crippen molar-refractivity contribution in [2.24, 2.45) is 0 Å². The molecular weight excluding hydrogens is 160 g/mol. The molecule has 0 heterocycles. The largest absolute Gasteiger partial charge is 0.490 e. The molecule has 68 valence electrons. The van der Waals surface area contributed by atoms with Gasteiger partial charge in [-0.3, -0.25) is 0 Å². The van der Waals surface area contributed by atoms with E-state index in [1.165, 1.54) is 0 Å². The van der Waals surface area contributed by atoms with Gasteiger partial charge in [-0.05, 0) is 32.9 Å². The smallest absolute Gasteiger partial charge is 0.135 e. The Kier molecular flexibility index (Phi) is 3.40. The third kappa shape index (κ3) is 2.83. The molecule has 0 aliphatic carbocycles. The molecule has 1 heteroatoms. The van der Waals surface area contributed by atoms with Crippen LogP contribution in [0.5, 0.6) is 5.75 Å². The van der Waals surface area contributed by atoms with Crippen molar-refractivity contribution in [2.75, 3.05) is 0 Å². The van der Waals surface area contributed by atoms with Crippen molar-refractivity contribution in [3.63, 3.8) is 0 Å². The Morgan fingerprint density at radius 3 is 2.54 bits per heavy atom. The highest BCUT2D eigenvalue weighted by Gasteiger charge is 2.01. The van der Waals surface area contributed by atoms with Gasteiger partial charge in [-0.2, -0.15) is 0 Å². The lowest BCUT2D eigenvalue weighted by molar-refractivity contribution is 0.242. The molecule has 1 rings (SSSR count). The van der Waals surface area contributed by atoms with Crippen LogP contribution in [0.3, 0.4) is 0 Å². The van der Waals surface area contributed by atoms with Crippen LogP contribution in [0.15, 0.2) is 24.3 Å². The molecule has 0 bridgehead atoms. The first-order valence-electron chi connectivity index (χ1n) is 4.42. The van der Waals surface area contributed by atoms with Crippen molar-refractivity contribution < 1.29 is 4.74 Å². The second-order valence-electron chi connectivity index (χ2n) is 3.04. The number of ether oxygens (including phenoxy) is 1. The molecule has 0 unspecified atom stereocenters. The molecule has 0 radical (unpaired) electrons. The monoisotopic (exact) mass is 174 g/mol. The van der Waals surface area contributed by atoms with Crippen LogP contribution < -0.4 is 4.74 Å². The topological polar surface area (TPSA) is 9.23 Å². The molecular formula is C12H14O. The minimum absolute atomic E-state index is 0.194. The molecule has 0 aliphatic rings. The van der Waals surface area contributed by atoms with Crippen molar-refractivity contribution in [1.29, 1.82) is 0 Å². The molecule has 1 nitrogen and oxygen atoms in total. The van der Waals surface area contributed by atoms with Gasteiger partial charge in [0.25, 0.3) is 0 Å². The Balaban J connectivity index is 2.95. The van der Waals surface area contributed by atoms with E-state index in [0.717, 1.165) is 11.3 Å². The molecule has 0 saturated heterocycles. The average Bonchev–Trinajstić information content (AvgIpc) is 2.08. The maximum atomic E-state index is 5.60. The normalized spacial score (nSPS) is 9.23. The molecule has 0 fully saturated rings. The first-order valence-corrected chi connectivity index (χ1v) is 4.42. The molecule has 0 atom stereocenters. The van der Waals surface area contributed by atoms with E-state index in [1.807, 2.05) is 45.0 Å². The summed E-state index contributed by atoms with van der Waals surface area (Å²) in [6.07, 6.45) is 0.194. The number of rotatable bonds is 2. The number of hydrogen-bond donors (Lipinski definition) is 0. The average molecular weight is 174 g/mol. The van der Waals surface area contributed by atoms with Gasteiger partial charge in [0, 0.05) is 0 Å². The zero-order valence-electron chi connectivity index (χ0n) is 8.29. The molecule has 13 heavy (non-hydrogen) atoms. The highest BCUT2D eigenvalue weighted by molar-refractivity contribution is 5.45. The Hall–Kier alpha value is -1.42. The van der Waals surface area contributed by atoms with Crippen LogP contribution in [0.4, 0.5) is 0 Å². The summed E-state index contributed by atoms with van der Waals surface area (Å²) in [5.41, 5.74) is 0.957. The van der Waals surface area contributed by atoms with Crippen molar-refractivity contribution in [3.8, 4) is 17.6 Å². The van der Waals surface area contributed by atoms with Crippen molar-refractivity contribution in [2.45, 2.75) is 26.9 Å². The summed E-state index contributed by atoms with van der Waals surface area (Å²) in [4.78, 5) is 0. The Morgan fingerprint density at radius 2 is 1.92 bits per heavy atom. The lowest BCUT2D eigenvalue weighted by atomic mass is 10.2. The standard InChI is InChI=1S/C12H14O/c1-4-7-11-8-5-6-9-12(11)13-10(2)3/h5-6,8-10H,1-3H3. The second-order valence-corrected chi connectivity index (χ2v) is 3.04. The van der Waals surface area contributed by atoms with Crippen molar-refractivity contribution in [3.05, 3.63) is 29.8 Å². The van der Waals surface area contributed by atoms with Gasteiger partial charge in [-0.25, -0.2) is 0 Å². The third-order valence-corrected chi connectivity index (χ3v) is 1.51. The van der Waals surface area contributed by atoms with Crippen molar-refractivity contribution >= 4 is 0 Å². The minimum Gasteiger partial charge on any atom is -0.490 e. The summed E-state index contributed by atoms with van der Waals surface area (Å²) in [5.74, 6) is 6.74. The summed E-state index contributed by atoms with van der Waals surface area (Å²) in [7, 11) is 0. The maximum Gasteiger partial charge on any atom is 0.135 e. The van der Waals surface area contributed by atoms with Crippen molar-refractivity contribution in [1.82, 2.24) is 0 Å². The molecule has 0 aromatic heterocycles. The fourth-order valence-corrected chi connectivity index (χ4v) is 1.06. The molecule has 0 N–H and O–H groups in total. The summed E-state index contributed by atoms with van der Waals surface area (Å²) >= 11 is 0. The molecule has 0 saturated carbocycles. The third-order valence-electron chi connectivity index (χ3n) is 1.51. The number of benzene rings is 1. The maximum absolute atomic E-state index is 5.60. The highest BCUT2D eigenvalue weighted by atomic mass is 16.5. The highest BCUT2D eigenvalue weighted by Crippen LogP contribution is 2.17. The summed E-state index contributed by atoms with van der Waals surface area (Å²) in [6.45, 7) is 5.85. The van der Waals surface area contributed by atoms with Gasteiger partial charge in [0.1, 0.15) is 5.75 Å². The summed E-state index contributed by atoms with van der Waals surface area (Å²) < 4.78 is 5.60. The molecule has 1 aromatic carbocycles. The Labute approximate surface area is 79.7 Å². The summed E-state index contributed by atoms with van der Waals surface area (Å²) in [6, 6.07) is 7.83. The zero-order chi connectivity index (χ0) is 9.68. The Morgan fingerprint density at radius 1 is 1.23 bits per heavy atom. The fraction of sp³-hybridized carbons (Fsp3) is 0.333. The van der Waals surface area contributed by atoms with E-state index in [4.69, 9.17) is 4.74 Å². The van der Waals surface area contributed by atoms with Crippen LogP contribution in [0.25, 0.3) is 0 Å². The minimum atomic E-state index is 0.194. The predicted molar refractivity (Wildman–Crippen MR) is 54.8 cm³/mol. The van der Waals surface area contributed by atoms with Crippen LogP contribution in [0.2, 0.25) is 0 Å². The van der Waals surface area contributed by atoms with Gasteiger partial charge in [0.15, 0.2) is 0 Å². The number of hydrogen-bond acceptors (Lipinski definition) is 1. The quantitative estimate of drug-likeness (QED) is 0.626. The first kappa shape index (κ1) is 9.67. The summed E-state index contributed by atoms with van der Waals surface area (Å²) in [5, 5.41) is 0. The second kappa shape index (κ2) is 4.57. The van der Waals surface area contributed by atoms with E-state index < -0.39 is 0 Å². The molecule has 0 spiro atoms. The number of para-hydroxylation sites is 1. The fourth-order valence-electron chi connectivity index (χ4n) is 1.06. The van der Waals surface area contributed by atoms with E-state index >= 15 is 0 Å². The van der Waals surface area contributed by atoms with Crippen LogP contribution in [-0.4, -0.2) is 6.10 Å². The Bertz CT molecular complexity index is 328. The molecule has 0 aliphatic heterocycles. The van der Waals surface area contributed by atoms with E-state index in [0.29, 0.717) is 0 Å². The lowest BCUT2D eigenvalue weighted by Crippen LogP contribution is -2.06. The predicted octanol–water partition coefficient (Wildman–Crippen LogP) is 2.85. The lowest BCUT2D eigenvalue weighted by Gasteiger charge is -2.10. The first-order chi connectivity index (χ1) is 6.24. The van der Waals surface area contributed by atoms with Crippen LogP contribution in [0, 0.1) is 11.8 Å². The van der Waals surface area contributed by atoms with Gasteiger partial charge in [0.05, 0.1) is 11.7 Å². The van der Waals surface area contributed by atoms with Crippen LogP contribution in [0.1, 0.15) is 26.3 Å². The molecule has 1 aromatic rings. The van der Waals surface area contributed by atoms with E-state index in [9.17, 15) is 0 Å².